The van der Waals surface area contributed by atoms with Gasteiger partial charge in [-0.25, -0.2) is 13.8 Å². The average molecular weight is 621 g/mol. The van der Waals surface area contributed by atoms with Crippen molar-refractivity contribution in [1.29, 1.82) is 0 Å². The van der Waals surface area contributed by atoms with Crippen LogP contribution in [0.4, 0.5) is 27.8 Å². The largest absolute Gasteiger partial charge is 0.416 e. The fourth-order valence-electron chi connectivity index (χ4n) is 3.96. The van der Waals surface area contributed by atoms with Gasteiger partial charge in [-0.15, -0.1) is 0 Å². The van der Waals surface area contributed by atoms with Gasteiger partial charge in [0, 0.05) is 23.0 Å². The standard InChI is InChI=1S/C22H18F4N6O3.C6H4ClF/c1-11(12-3-2-4-27-8-12)29-21(35)19-30-18(16-9-28-17(33)10-32(16)19)31-20(34)13-5-14(22(24,25)26)7-15(23)6-13;7-5-1-3-6(8)4-2-5/h2-8,11H,9-10H2,1H3,(H,28,33)(H,29,35)(H,31,34);1-4H. The third-order valence-electron chi connectivity index (χ3n) is 6.09. The van der Waals surface area contributed by atoms with Crippen LogP contribution >= 0.6 is 11.6 Å². The van der Waals surface area contributed by atoms with E-state index in [0.717, 1.165) is 0 Å². The van der Waals surface area contributed by atoms with Crippen molar-refractivity contribution < 1.29 is 36.3 Å². The molecule has 43 heavy (non-hydrogen) atoms. The second-order valence-electron chi connectivity index (χ2n) is 9.19. The smallest absolute Gasteiger partial charge is 0.349 e. The molecule has 1 atom stereocenters. The number of fused-ring (bicyclic) bond motifs is 1. The molecule has 1 aliphatic heterocycles. The molecule has 2 aromatic heterocycles. The predicted molar refractivity (Wildman–Crippen MR) is 145 cm³/mol. The first-order valence-electron chi connectivity index (χ1n) is 12.5. The van der Waals surface area contributed by atoms with E-state index in [1.807, 2.05) is 0 Å². The summed E-state index contributed by atoms with van der Waals surface area (Å²) in [6.07, 6.45) is -1.71. The summed E-state index contributed by atoms with van der Waals surface area (Å²) < 4.78 is 66.1. The van der Waals surface area contributed by atoms with Crippen molar-refractivity contribution in [3.05, 3.63) is 112 Å². The Labute approximate surface area is 246 Å². The van der Waals surface area contributed by atoms with Gasteiger partial charge >= 0.3 is 6.18 Å². The molecule has 3 N–H and O–H groups in total. The van der Waals surface area contributed by atoms with E-state index in [4.69, 9.17) is 11.6 Å². The number of nitrogens with zero attached hydrogens (tertiary/aromatic N) is 3. The number of carbonyl (C=O) groups excluding carboxylic acids is 3. The van der Waals surface area contributed by atoms with Crippen molar-refractivity contribution in [1.82, 2.24) is 25.2 Å². The number of anilines is 1. The molecule has 0 saturated heterocycles. The van der Waals surface area contributed by atoms with E-state index in [9.17, 15) is 36.3 Å². The summed E-state index contributed by atoms with van der Waals surface area (Å²) >= 11 is 5.44. The molecule has 0 fully saturated rings. The van der Waals surface area contributed by atoms with E-state index >= 15 is 0 Å². The second-order valence-corrected chi connectivity index (χ2v) is 9.63. The van der Waals surface area contributed by atoms with Crippen LogP contribution in [-0.4, -0.2) is 32.3 Å². The van der Waals surface area contributed by atoms with Crippen LogP contribution in [0.1, 0.15) is 50.8 Å². The number of alkyl halides is 3. The lowest BCUT2D eigenvalue weighted by Crippen LogP contribution is -2.37. The van der Waals surface area contributed by atoms with Crippen LogP contribution < -0.4 is 16.0 Å². The molecule has 9 nitrogen and oxygen atoms in total. The maximum atomic E-state index is 13.7. The third kappa shape index (κ3) is 7.92. The summed E-state index contributed by atoms with van der Waals surface area (Å²) in [6, 6.07) is 10.1. The van der Waals surface area contributed by atoms with Gasteiger partial charge in [0.05, 0.1) is 23.8 Å². The van der Waals surface area contributed by atoms with Crippen LogP contribution in [0.2, 0.25) is 5.02 Å². The van der Waals surface area contributed by atoms with Crippen molar-refractivity contribution in [3.8, 4) is 0 Å². The average Bonchev–Trinajstić information content (AvgIpc) is 3.31. The molecule has 3 amide bonds. The van der Waals surface area contributed by atoms with E-state index in [0.29, 0.717) is 22.7 Å². The summed E-state index contributed by atoms with van der Waals surface area (Å²) in [7, 11) is 0. The second kappa shape index (κ2) is 13.0. The van der Waals surface area contributed by atoms with Gasteiger partial charge in [0.25, 0.3) is 11.8 Å². The fraction of sp³-hybridized carbons (Fsp3) is 0.179. The number of aromatic nitrogens is 3. The lowest BCUT2D eigenvalue weighted by atomic mass is 10.1. The minimum Gasteiger partial charge on any atom is -0.349 e. The fourth-order valence-corrected chi connectivity index (χ4v) is 4.09. The van der Waals surface area contributed by atoms with Crippen molar-refractivity contribution in [2.75, 3.05) is 5.32 Å². The number of imidazole rings is 1. The van der Waals surface area contributed by atoms with Crippen molar-refractivity contribution >= 4 is 35.1 Å². The number of carbonyl (C=O) groups is 3. The lowest BCUT2D eigenvalue weighted by molar-refractivity contribution is -0.137. The quantitative estimate of drug-likeness (QED) is 0.262. The Hall–Kier alpha value is -4.85. The molecule has 5 rings (SSSR count). The van der Waals surface area contributed by atoms with Gasteiger partial charge in [0.2, 0.25) is 11.7 Å². The highest BCUT2D eigenvalue weighted by atomic mass is 35.5. The van der Waals surface area contributed by atoms with Crippen LogP contribution in [0.15, 0.2) is 67.0 Å². The summed E-state index contributed by atoms with van der Waals surface area (Å²) in [4.78, 5) is 45.6. The topological polar surface area (TPSA) is 118 Å². The number of amides is 3. The van der Waals surface area contributed by atoms with E-state index in [1.54, 1.807) is 31.5 Å². The third-order valence-corrected chi connectivity index (χ3v) is 6.34. The van der Waals surface area contributed by atoms with Crippen molar-refractivity contribution in [2.24, 2.45) is 0 Å². The van der Waals surface area contributed by atoms with Crippen molar-refractivity contribution in [2.45, 2.75) is 32.2 Å². The number of hydrogen-bond acceptors (Lipinski definition) is 5. The molecular formula is C28H22ClF5N6O3. The zero-order valence-electron chi connectivity index (χ0n) is 22.2. The Balaban J connectivity index is 0.000000458. The summed E-state index contributed by atoms with van der Waals surface area (Å²) in [6.45, 7) is 1.36. The number of pyridine rings is 1. The van der Waals surface area contributed by atoms with Gasteiger partial charge < -0.3 is 20.5 Å². The lowest BCUT2D eigenvalue weighted by Gasteiger charge is -2.19. The highest BCUT2D eigenvalue weighted by molar-refractivity contribution is 6.30. The number of halogens is 6. The Bertz CT molecular complexity index is 1620. The molecule has 0 aliphatic carbocycles. The van der Waals surface area contributed by atoms with Crippen LogP contribution in [0, 0.1) is 11.6 Å². The molecule has 3 heterocycles. The Morgan fingerprint density at radius 1 is 1.05 bits per heavy atom. The minimum absolute atomic E-state index is 0.0934. The maximum Gasteiger partial charge on any atom is 0.416 e. The van der Waals surface area contributed by atoms with Gasteiger partial charge in [0.1, 0.15) is 18.2 Å². The van der Waals surface area contributed by atoms with Gasteiger partial charge in [-0.3, -0.25) is 19.4 Å². The predicted octanol–water partition coefficient (Wildman–Crippen LogP) is 5.29. The molecule has 4 aromatic rings. The molecule has 1 aliphatic rings. The first kappa shape index (κ1) is 31.1. The Morgan fingerprint density at radius 3 is 2.40 bits per heavy atom. The number of rotatable bonds is 5. The normalized spacial score (nSPS) is 13.1. The van der Waals surface area contributed by atoms with Gasteiger partial charge in [0.15, 0.2) is 5.82 Å². The molecule has 0 radical (unpaired) electrons. The van der Waals surface area contributed by atoms with Gasteiger partial charge in [-0.1, -0.05) is 17.7 Å². The maximum absolute atomic E-state index is 13.7. The highest BCUT2D eigenvalue weighted by Gasteiger charge is 2.33. The monoisotopic (exact) mass is 620 g/mol. The van der Waals surface area contributed by atoms with Crippen LogP contribution in [0.25, 0.3) is 0 Å². The zero-order valence-corrected chi connectivity index (χ0v) is 22.9. The van der Waals surface area contributed by atoms with Gasteiger partial charge in [-0.2, -0.15) is 13.2 Å². The molecule has 0 saturated carbocycles. The Morgan fingerprint density at radius 2 is 1.77 bits per heavy atom. The zero-order chi connectivity index (χ0) is 31.3. The van der Waals surface area contributed by atoms with E-state index in [2.05, 4.69) is 25.9 Å². The minimum atomic E-state index is -4.86. The summed E-state index contributed by atoms with van der Waals surface area (Å²) in [5, 5.41) is 8.16. The summed E-state index contributed by atoms with van der Waals surface area (Å²) in [5.41, 5.74) is -0.949. The van der Waals surface area contributed by atoms with Gasteiger partial charge in [-0.05, 0) is 61.0 Å². The molecule has 0 bridgehead atoms. The number of hydrogen-bond donors (Lipinski definition) is 3. The van der Waals surface area contributed by atoms with E-state index < -0.39 is 46.9 Å². The molecular weight excluding hydrogens is 599 g/mol. The molecule has 224 valence electrons. The molecule has 1 unspecified atom stereocenters. The van der Waals surface area contributed by atoms with Crippen molar-refractivity contribution in [3.63, 3.8) is 0 Å². The highest BCUT2D eigenvalue weighted by Crippen LogP contribution is 2.31. The number of benzene rings is 2. The van der Waals surface area contributed by atoms with Crippen LogP contribution in [0.5, 0.6) is 0 Å². The van der Waals surface area contributed by atoms with E-state index in [-0.39, 0.29) is 42.3 Å². The number of nitrogens with one attached hydrogen (secondary N) is 3. The molecule has 2 aromatic carbocycles. The molecule has 0 spiro atoms. The Kier molecular flexibility index (Phi) is 9.39. The SMILES string of the molecule is CC(NC(=O)c1nc(NC(=O)c2cc(F)cc(C(F)(F)F)c2)c2n1CC(=O)NC2)c1cccnc1.Fc1ccc(Cl)cc1. The first-order valence-corrected chi connectivity index (χ1v) is 12.9. The van der Waals surface area contributed by atoms with Crippen LogP contribution in [-0.2, 0) is 24.1 Å². The molecule has 15 heteroatoms. The van der Waals surface area contributed by atoms with E-state index in [1.165, 1.54) is 28.8 Å². The summed E-state index contributed by atoms with van der Waals surface area (Å²) in [5.74, 6) is -3.94. The van der Waals surface area contributed by atoms with Crippen LogP contribution in [0.3, 0.4) is 0 Å². The first-order chi connectivity index (χ1) is 20.3.